The number of thiophene rings is 1. The molecular formula is C13H20N2OS. The fraction of sp³-hybridized carbons (Fsp3) is 0.615. The zero-order chi connectivity index (χ0) is 12.3. The molecule has 1 fully saturated rings. The molecular weight excluding hydrogens is 232 g/mol. The number of nitrogens with zero attached hydrogens (tertiary/aromatic N) is 1. The summed E-state index contributed by atoms with van der Waals surface area (Å²) in [6, 6.07) is 2.20. The minimum Gasteiger partial charge on any atom is -0.334 e. The van der Waals surface area contributed by atoms with Gasteiger partial charge in [0.05, 0.1) is 6.04 Å². The molecule has 0 bridgehead atoms. The molecule has 0 aliphatic heterocycles. The Morgan fingerprint density at radius 3 is 2.94 bits per heavy atom. The summed E-state index contributed by atoms with van der Waals surface area (Å²) in [5, 5.41) is 4.16. The fourth-order valence-electron chi connectivity index (χ4n) is 2.00. The maximum absolute atomic E-state index is 12.2. The summed E-state index contributed by atoms with van der Waals surface area (Å²) in [5.74, 6) is 0.126. The molecule has 0 saturated heterocycles. The molecule has 1 saturated carbocycles. The first-order valence-electron chi connectivity index (χ1n) is 6.29. The minimum atomic E-state index is -0.320. The van der Waals surface area contributed by atoms with E-state index in [1.54, 1.807) is 11.3 Å². The van der Waals surface area contributed by atoms with Crippen LogP contribution in [-0.2, 0) is 11.3 Å². The van der Waals surface area contributed by atoms with Crippen LogP contribution in [0.15, 0.2) is 16.8 Å². The summed E-state index contributed by atoms with van der Waals surface area (Å²) >= 11 is 1.67. The minimum absolute atomic E-state index is 0.126. The predicted molar refractivity (Wildman–Crippen MR) is 70.8 cm³/mol. The van der Waals surface area contributed by atoms with Gasteiger partial charge in [0, 0.05) is 12.6 Å². The number of nitrogens with two attached hydrogens (primary N) is 1. The highest BCUT2D eigenvalue weighted by Crippen LogP contribution is 2.29. The first-order valence-corrected chi connectivity index (χ1v) is 7.23. The lowest BCUT2D eigenvalue weighted by Gasteiger charge is -2.25. The van der Waals surface area contributed by atoms with Crippen LogP contribution in [0.5, 0.6) is 0 Å². The molecule has 1 aromatic rings. The van der Waals surface area contributed by atoms with Gasteiger partial charge in [-0.3, -0.25) is 4.79 Å². The topological polar surface area (TPSA) is 46.3 Å². The van der Waals surface area contributed by atoms with E-state index in [-0.39, 0.29) is 11.9 Å². The number of carbonyl (C=O) groups is 1. The van der Waals surface area contributed by atoms with E-state index in [1.165, 1.54) is 5.56 Å². The molecule has 1 aliphatic rings. The number of rotatable bonds is 6. The number of carbonyl (C=O) groups excluding carboxylic acids is 1. The van der Waals surface area contributed by atoms with Crippen molar-refractivity contribution in [2.75, 3.05) is 0 Å². The quantitative estimate of drug-likeness (QED) is 0.845. The van der Waals surface area contributed by atoms with Crippen molar-refractivity contribution < 1.29 is 4.79 Å². The highest BCUT2D eigenvalue weighted by Gasteiger charge is 2.34. The third-order valence-electron chi connectivity index (χ3n) is 3.12. The van der Waals surface area contributed by atoms with Crippen molar-refractivity contribution in [3.05, 3.63) is 22.4 Å². The Kier molecular flexibility index (Phi) is 4.18. The first-order chi connectivity index (χ1) is 8.22. The van der Waals surface area contributed by atoms with Crippen LogP contribution in [0.3, 0.4) is 0 Å². The van der Waals surface area contributed by atoms with Gasteiger partial charge in [0.1, 0.15) is 0 Å². The molecule has 94 valence electrons. The molecule has 1 heterocycles. The van der Waals surface area contributed by atoms with E-state index >= 15 is 0 Å². The average molecular weight is 252 g/mol. The third kappa shape index (κ3) is 3.30. The number of amides is 1. The van der Waals surface area contributed by atoms with Crippen LogP contribution >= 0.6 is 11.3 Å². The van der Waals surface area contributed by atoms with Crippen molar-refractivity contribution in [1.82, 2.24) is 4.90 Å². The van der Waals surface area contributed by atoms with Crippen LogP contribution in [0.2, 0.25) is 0 Å². The lowest BCUT2D eigenvalue weighted by molar-refractivity contribution is -0.134. The molecule has 1 atom stereocenters. The number of hydrogen-bond donors (Lipinski definition) is 1. The van der Waals surface area contributed by atoms with Gasteiger partial charge in [0.15, 0.2) is 0 Å². The Morgan fingerprint density at radius 2 is 2.41 bits per heavy atom. The zero-order valence-corrected chi connectivity index (χ0v) is 11.1. The average Bonchev–Trinajstić information content (AvgIpc) is 3.03. The summed E-state index contributed by atoms with van der Waals surface area (Å²) in [4.78, 5) is 14.2. The third-order valence-corrected chi connectivity index (χ3v) is 3.85. The van der Waals surface area contributed by atoms with E-state index in [0.29, 0.717) is 6.04 Å². The van der Waals surface area contributed by atoms with Gasteiger partial charge < -0.3 is 10.6 Å². The van der Waals surface area contributed by atoms with Crippen LogP contribution in [0.4, 0.5) is 0 Å². The Morgan fingerprint density at radius 1 is 1.65 bits per heavy atom. The standard InChI is InChI=1S/C13H20N2OS/c1-2-3-12(14)13(16)15(11-4-5-11)8-10-6-7-17-9-10/h6-7,9,11-12H,2-5,8,14H2,1H3. The van der Waals surface area contributed by atoms with Gasteiger partial charge in [-0.05, 0) is 41.7 Å². The van der Waals surface area contributed by atoms with E-state index < -0.39 is 0 Å². The van der Waals surface area contributed by atoms with Crippen molar-refractivity contribution in [3.8, 4) is 0 Å². The first kappa shape index (κ1) is 12.6. The van der Waals surface area contributed by atoms with Crippen molar-refractivity contribution >= 4 is 17.2 Å². The lowest BCUT2D eigenvalue weighted by atomic mass is 10.1. The van der Waals surface area contributed by atoms with Crippen LogP contribution in [0, 0.1) is 0 Å². The molecule has 17 heavy (non-hydrogen) atoms. The highest BCUT2D eigenvalue weighted by molar-refractivity contribution is 7.07. The van der Waals surface area contributed by atoms with Crippen molar-refractivity contribution in [1.29, 1.82) is 0 Å². The van der Waals surface area contributed by atoms with Gasteiger partial charge in [0.2, 0.25) is 5.91 Å². The molecule has 4 heteroatoms. The fourth-order valence-corrected chi connectivity index (χ4v) is 2.66. The van der Waals surface area contributed by atoms with Crippen LogP contribution in [0.25, 0.3) is 0 Å². The summed E-state index contributed by atoms with van der Waals surface area (Å²) in [5.41, 5.74) is 7.16. The molecule has 1 amide bonds. The molecule has 1 aliphatic carbocycles. The molecule has 3 nitrogen and oxygen atoms in total. The Labute approximate surface area is 107 Å². The van der Waals surface area contributed by atoms with Crippen LogP contribution in [0.1, 0.15) is 38.2 Å². The van der Waals surface area contributed by atoms with Crippen LogP contribution in [-0.4, -0.2) is 22.9 Å². The smallest absolute Gasteiger partial charge is 0.240 e. The number of hydrogen-bond acceptors (Lipinski definition) is 3. The Hall–Kier alpha value is -0.870. The monoisotopic (exact) mass is 252 g/mol. The van der Waals surface area contributed by atoms with Crippen molar-refractivity contribution in [2.24, 2.45) is 5.73 Å². The van der Waals surface area contributed by atoms with E-state index in [2.05, 4.69) is 23.8 Å². The predicted octanol–water partition coefficient (Wildman–Crippen LogP) is 2.37. The van der Waals surface area contributed by atoms with Crippen molar-refractivity contribution in [2.45, 2.75) is 51.2 Å². The summed E-state index contributed by atoms with van der Waals surface area (Å²) in [7, 11) is 0. The van der Waals surface area contributed by atoms with Crippen LogP contribution < -0.4 is 5.73 Å². The largest absolute Gasteiger partial charge is 0.334 e. The normalized spacial score (nSPS) is 16.8. The van der Waals surface area contributed by atoms with Gasteiger partial charge in [0.25, 0.3) is 0 Å². The lowest BCUT2D eigenvalue weighted by Crippen LogP contribution is -2.44. The highest BCUT2D eigenvalue weighted by atomic mass is 32.1. The van der Waals surface area contributed by atoms with Crippen molar-refractivity contribution in [3.63, 3.8) is 0 Å². The van der Waals surface area contributed by atoms with Gasteiger partial charge in [-0.15, -0.1) is 0 Å². The Bertz CT molecular complexity index is 360. The van der Waals surface area contributed by atoms with Gasteiger partial charge in [-0.2, -0.15) is 11.3 Å². The van der Waals surface area contributed by atoms with E-state index in [9.17, 15) is 4.79 Å². The molecule has 0 spiro atoms. The Balaban J connectivity index is 1.99. The second-order valence-electron chi connectivity index (χ2n) is 4.72. The van der Waals surface area contributed by atoms with Gasteiger partial charge in [-0.1, -0.05) is 13.3 Å². The summed E-state index contributed by atoms with van der Waals surface area (Å²) in [6.07, 6.45) is 4.01. The second kappa shape index (κ2) is 5.65. The molecule has 2 rings (SSSR count). The van der Waals surface area contributed by atoms with E-state index in [0.717, 1.165) is 32.2 Å². The SMILES string of the molecule is CCCC(N)C(=O)N(Cc1ccsc1)C1CC1. The second-order valence-corrected chi connectivity index (χ2v) is 5.50. The maximum Gasteiger partial charge on any atom is 0.240 e. The van der Waals surface area contributed by atoms with Gasteiger partial charge in [-0.25, -0.2) is 0 Å². The molecule has 1 unspecified atom stereocenters. The zero-order valence-electron chi connectivity index (χ0n) is 10.3. The molecule has 0 radical (unpaired) electrons. The van der Waals surface area contributed by atoms with E-state index in [4.69, 9.17) is 5.73 Å². The summed E-state index contributed by atoms with van der Waals surface area (Å²) < 4.78 is 0. The molecule has 1 aromatic heterocycles. The van der Waals surface area contributed by atoms with Gasteiger partial charge >= 0.3 is 0 Å². The maximum atomic E-state index is 12.2. The van der Waals surface area contributed by atoms with E-state index in [1.807, 2.05) is 4.90 Å². The summed E-state index contributed by atoms with van der Waals surface area (Å²) in [6.45, 7) is 2.79. The molecule has 0 aromatic carbocycles. The molecule has 2 N–H and O–H groups in total.